The first-order chi connectivity index (χ1) is 19.1. The Morgan fingerprint density at radius 3 is 2.31 bits per heavy atom. The minimum atomic E-state index is -0.624. The normalized spacial score (nSPS) is 24.6. The summed E-state index contributed by atoms with van der Waals surface area (Å²) in [6, 6.07) is 25.3. The largest absolute Gasteiger partial charge is 0.490 e. The van der Waals surface area contributed by atoms with Crippen LogP contribution < -0.4 is 4.74 Å². The van der Waals surface area contributed by atoms with Gasteiger partial charge in [-0.25, -0.2) is 0 Å². The highest BCUT2D eigenvalue weighted by Gasteiger charge is 2.43. The highest BCUT2D eigenvalue weighted by Crippen LogP contribution is 2.38. The number of piperidine rings is 1. The predicted molar refractivity (Wildman–Crippen MR) is 156 cm³/mol. The molecule has 3 atom stereocenters. The van der Waals surface area contributed by atoms with E-state index >= 15 is 0 Å². The quantitative estimate of drug-likeness (QED) is 0.366. The number of likely N-dealkylation sites (tertiary alicyclic amines) is 2. The Labute approximate surface area is 232 Å². The number of hydrogen-bond acceptors (Lipinski definition) is 4. The molecule has 1 aliphatic carbocycles. The third-order valence-electron chi connectivity index (χ3n) is 9.49. The van der Waals surface area contributed by atoms with E-state index in [1.807, 2.05) is 0 Å². The fourth-order valence-corrected chi connectivity index (χ4v) is 7.47. The molecule has 0 spiro atoms. The van der Waals surface area contributed by atoms with Gasteiger partial charge in [0, 0.05) is 38.6 Å². The van der Waals surface area contributed by atoms with Gasteiger partial charge >= 0.3 is 5.97 Å². The second-order valence-corrected chi connectivity index (χ2v) is 12.0. The Hall–Kier alpha value is -2.89. The molecular weight excluding hydrogens is 484 g/mol. The molecule has 3 fully saturated rings. The molecule has 3 aromatic rings. The Kier molecular flexibility index (Phi) is 8.17. The Balaban J connectivity index is 1.10. The number of rotatable bonds is 8. The van der Waals surface area contributed by atoms with Crippen molar-refractivity contribution in [3.05, 3.63) is 78.4 Å². The van der Waals surface area contributed by atoms with Gasteiger partial charge in [0.15, 0.2) is 0 Å². The summed E-state index contributed by atoms with van der Waals surface area (Å²) in [5.74, 6) is 1.44. The van der Waals surface area contributed by atoms with Gasteiger partial charge in [0.2, 0.25) is 0 Å². The molecular formula is C34H42N2O3. The molecule has 0 bridgehead atoms. The Bertz CT molecular complexity index is 1230. The zero-order chi connectivity index (χ0) is 26.6. The second kappa shape index (κ2) is 12.1. The number of carbonyl (C=O) groups is 1. The Morgan fingerprint density at radius 2 is 1.56 bits per heavy atom. The molecule has 6 rings (SSSR count). The first-order valence-corrected chi connectivity index (χ1v) is 15.0. The summed E-state index contributed by atoms with van der Waals surface area (Å²) in [4.78, 5) is 17.4. The second-order valence-electron chi connectivity index (χ2n) is 12.0. The fraction of sp³-hybridized carbons (Fsp3) is 0.500. The van der Waals surface area contributed by atoms with Crippen LogP contribution in [0.5, 0.6) is 5.75 Å². The zero-order valence-electron chi connectivity index (χ0n) is 23.0. The van der Waals surface area contributed by atoms with Gasteiger partial charge in [0.1, 0.15) is 17.9 Å². The maximum absolute atomic E-state index is 12.5. The molecule has 2 heterocycles. The highest BCUT2D eigenvalue weighted by molar-refractivity contribution is 5.83. The van der Waals surface area contributed by atoms with Crippen LogP contribution in [0.3, 0.4) is 0 Å². The lowest BCUT2D eigenvalue weighted by Gasteiger charge is -2.35. The van der Waals surface area contributed by atoms with Crippen LogP contribution in [0, 0.1) is 11.8 Å². The van der Waals surface area contributed by atoms with E-state index in [-0.39, 0.29) is 18.1 Å². The number of hydrogen-bond donors (Lipinski definition) is 1. The van der Waals surface area contributed by atoms with Crippen molar-refractivity contribution in [1.29, 1.82) is 0 Å². The van der Waals surface area contributed by atoms with Crippen LogP contribution in [0.4, 0.5) is 0 Å². The van der Waals surface area contributed by atoms with Gasteiger partial charge in [-0.1, -0.05) is 79.9 Å². The third kappa shape index (κ3) is 6.15. The van der Waals surface area contributed by atoms with Crippen molar-refractivity contribution >= 4 is 16.7 Å². The molecule has 5 heteroatoms. The monoisotopic (exact) mass is 526 g/mol. The lowest BCUT2D eigenvalue weighted by Crippen LogP contribution is -2.46. The van der Waals surface area contributed by atoms with E-state index in [9.17, 15) is 9.90 Å². The van der Waals surface area contributed by atoms with Crippen LogP contribution >= 0.6 is 0 Å². The lowest BCUT2D eigenvalue weighted by atomic mass is 9.83. The summed E-state index contributed by atoms with van der Waals surface area (Å²) in [6.07, 6.45) is 8.00. The van der Waals surface area contributed by atoms with Crippen LogP contribution in [-0.2, 0) is 4.79 Å². The average molecular weight is 527 g/mol. The molecule has 1 N–H and O–H groups in total. The van der Waals surface area contributed by atoms with Crippen molar-refractivity contribution in [3.63, 3.8) is 0 Å². The van der Waals surface area contributed by atoms with Crippen LogP contribution in [0.25, 0.3) is 10.8 Å². The molecule has 39 heavy (non-hydrogen) atoms. The fourth-order valence-electron chi connectivity index (χ4n) is 7.47. The molecule has 5 nitrogen and oxygen atoms in total. The Morgan fingerprint density at radius 1 is 0.846 bits per heavy atom. The average Bonchev–Trinajstić information content (AvgIpc) is 3.38. The number of fused-ring (bicyclic) bond motifs is 1. The summed E-state index contributed by atoms with van der Waals surface area (Å²) in [6.45, 7) is 4.81. The van der Waals surface area contributed by atoms with Gasteiger partial charge in [-0.2, -0.15) is 0 Å². The summed E-state index contributed by atoms with van der Waals surface area (Å²) in [7, 11) is 0. The standard InChI is InChI=1S/C34H42N2O3/c37-34(38)33(27-12-5-2-6-13-27)36-23-29(32(24-36)26-10-3-1-4-11-26)22-35-19-17-30(18-20-35)39-31-16-15-25-9-7-8-14-28(25)21-31/h1,3-4,7-11,14-16,21,27,29-30,32-33H,2,5-6,12-13,17-20,22-24H2,(H,37,38). The van der Waals surface area contributed by atoms with Crippen LogP contribution in [0.2, 0.25) is 0 Å². The molecule has 206 valence electrons. The first kappa shape index (κ1) is 26.3. The van der Waals surface area contributed by atoms with Crippen molar-refractivity contribution in [2.45, 2.75) is 63.0 Å². The number of benzene rings is 3. The molecule has 0 aromatic heterocycles. The van der Waals surface area contributed by atoms with E-state index in [0.29, 0.717) is 11.8 Å². The van der Waals surface area contributed by atoms with Gasteiger partial charge in [0.05, 0.1) is 0 Å². The molecule has 2 aliphatic heterocycles. The van der Waals surface area contributed by atoms with Crippen LogP contribution in [0.1, 0.15) is 56.4 Å². The van der Waals surface area contributed by atoms with Crippen molar-refractivity contribution in [1.82, 2.24) is 9.80 Å². The van der Waals surface area contributed by atoms with E-state index < -0.39 is 5.97 Å². The lowest BCUT2D eigenvalue weighted by molar-refractivity contribution is -0.145. The third-order valence-corrected chi connectivity index (χ3v) is 9.49. The zero-order valence-corrected chi connectivity index (χ0v) is 23.0. The SMILES string of the molecule is O=C(O)C(C1CCCCC1)N1CC(CN2CCC(Oc3ccc4ccccc4c3)CC2)C(c2ccccc2)C1. The molecule has 3 aliphatic rings. The molecule has 3 aromatic carbocycles. The van der Waals surface area contributed by atoms with E-state index in [0.717, 1.165) is 64.2 Å². The van der Waals surface area contributed by atoms with Crippen molar-refractivity contribution in [2.75, 3.05) is 32.7 Å². The van der Waals surface area contributed by atoms with E-state index in [1.54, 1.807) is 0 Å². The van der Waals surface area contributed by atoms with Gasteiger partial charge in [0.25, 0.3) is 0 Å². The van der Waals surface area contributed by atoms with E-state index in [4.69, 9.17) is 4.74 Å². The van der Waals surface area contributed by atoms with Crippen LogP contribution in [0.15, 0.2) is 72.8 Å². The number of ether oxygens (including phenoxy) is 1. The number of carboxylic acids is 1. The van der Waals surface area contributed by atoms with Crippen molar-refractivity contribution < 1.29 is 14.6 Å². The van der Waals surface area contributed by atoms with Crippen molar-refractivity contribution in [2.24, 2.45) is 11.8 Å². The first-order valence-electron chi connectivity index (χ1n) is 15.0. The molecule has 3 unspecified atom stereocenters. The maximum atomic E-state index is 12.5. The summed E-state index contributed by atoms with van der Waals surface area (Å²) in [5, 5.41) is 12.8. The van der Waals surface area contributed by atoms with Crippen molar-refractivity contribution in [3.8, 4) is 5.75 Å². The van der Waals surface area contributed by atoms with E-state index in [2.05, 4.69) is 82.6 Å². The van der Waals surface area contributed by atoms with Gasteiger partial charge in [-0.3, -0.25) is 9.69 Å². The topological polar surface area (TPSA) is 53.0 Å². The summed E-state index contributed by atoms with van der Waals surface area (Å²) < 4.78 is 6.41. The number of aliphatic carboxylic acids is 1. The summed E-state index contributed by atoms with van der Waals surface area (Å²) >= 11 is 0. The van der Waals surface area contributed by atoms with Gasteiger partial charge < -0.3 is 14.7 Å². The molecule has 0 amide bonds. The van der Waals surface area contributed by atoms with Gasteiger partial charge in [-0.05, 0) is 66.0 Å². The smallest absolute Gasteiger partial charge is 0.321 e. The highest BCUT2D eigenvalue weighted by atomic mass is 16.5. The van der Waals surface area contributed by atoms with Gasteiger partial charge in [-0.15, -0.1) is 0 Å². The summed E-state index contributed by atoms with van der Waals surface area (Å²) in [5.41, 5.74) is 1.35. The molecule has 2 saturated heterocycles. The molecule has 1 saturated carbocycles. The number of nitrogens with zero attached hydrogens (tertiary/aromatic N) is 2. The predicted octanol–water partition coefficient (Wildman–Crippen LogP) is 6.43. The minimum Gasteiger partial charge on any atom is -0.490 e. The van der Waals surface area contributed by atoms with E-state index in [1.165, 1.54) is 35.6 Å². The maximum Gasteiger partial charge on any atom is 0.321 e. The van der Waals surface area contributed by atoms with Crippen LogP contribution in [-0.4, -0.2) is 65.7 Å². The number of carboxylic acid groups (broad SMARTS) is 1. The molecule has 0 radical (unpaired) electrons. The minimum absolute atomic E-state index is 0.245.